The van der Waals surface area contributed by atoms with Gasteiger partial charge in [0.25, 0.3) is 0 Å². The highest BCUT2D eigenvalue weighted by Gasteiger charge is 2.55. The van der Waals surface area contributed by atoms with Crippen molar-refractivity contribution in [2.24, 2.45) is 29.6 Å². The van der Waals surface area contributed by atoms with Crippen molar-refractivity contribution < 1.29 is 40.8 Å². The number of carbonyl (C=O) groups excluding carboxylic acids is 1. The number of benzene rings is 1. The smallest absolute Gasteiger partial charge is 0.429 e. The lowest BCUT2D eigenvalue weighted by atomic mass is 9.80. The Hall–Kier alpha value is -1.05. The minimum Gasteiger partial charge on any atom is -0.743 e. The van der Waals surface area contributed by atoms with Gasteiger partial charge in [-0.25, -0.2) is 13.2 Å². The molecule has 0 aromatic heterocycles. The summed E-state index contributed by atoms with van der Waals surface area (Å²) in [6.07, 6.45) is 5.59. The minimum absolute atomic E-state index is 0.0135. The van der Waals surface area contributed by atoms with E-state index >= 15 is 0 Å². The summed E-state index contributed by atoms with van der Waals surface area (Å²) in [5, 5.41) is -5.19. The van der Waals surface area contributed by atoms with E-state index in [0.29, 0.717) is 15.4 Å². The first kappa shape index (κ1) is 25.1. The summed E-state index contributed by atoms with van der Waals surface area (Å²) in [5.74, 6) is 0.205. The molecule has 2 bridgehead atoms. The van der Waals surface area contributed by atoms with Gasteiger partial charge < -0.3 is 18.8 Å². The van der Waals surface area contributed by atoms with Crippen LogP contribution in [-0.2, 0) is 19.6 Å². The Labute approximate surface area is 205 Å². The van der Waals surface area contributed by atoms with Gasteiger partial charge in [-0.1, -0.05) is 20.3 Å². The zero-order valence-electron chi connectivity index (χ0n) is 18.2. The van der Waals surface area contributed by atoms with Crippen molar-refractivity contribution in [2.75, 3.05) is 0 Å². The average Bonchev–Trinajstić information content (AvgIpc) is 3.42. The molecule has 0 spiro atoms. The van der Waals surface area contributed by atoms with Gasteiger partial charge >= 0.3 is 11.2 Å². The van der Waals surface area contributed by atoms with Crippen LogP contribution in [0.4, 0.5) is 8.78 Å². The van der Waals surface area contributed by atoms with E-state index in [1.165, 1.54) is 43.9 Å². The maximum Gasteiger partial charge on any atom is 0.429 e. The molecule has 1 aromatic carbocycles. The van der Waals surface area contributed by atoms with Gasteiger partial charge in [-0.15, -0.1) is 0 Å². The maximum atomic E-state index is 13.5. The van der Waals surface area contributed by atoms with E-state index in [0.717, 1.165) is 18.3 Å². The maximum absolute atomic E-state index is 13.5. The lowest BCUT2D eigenvalue weighted by Gasteiger charge is -2.35. The molecule has 184 valence electrons. The van der Waals surface area contributed by atoms with E-state index in [1.54, 1.807) is 0 Å². The number of rotatable bonds is 8. The van der Waals surface area contributed by atoms with Crippen molar-refractivity contribution in [3.63, 3.8) is 0 Å². The van der Waals surface area contributed by atoms with Crippen LogP contribution in [0.15, 0.2) is 18.2 Å². The van der Waals surface area contributed by atoms with Crippen molar-refractivity contribution >= 4 is 38.7 Å². The predicted molar refractivity (Wildman–Crippen MR) is 121 cm³/mol. The van der Waals surface area contributed by atoms with E-state index in [-0.39, 0.29) is 23.5 Å². The van der Waals surface area contributed by atoms with Gasteiger partial charge in [-0.2, -0.15) is 8.78 Å². The number of hydrogen-bond acceptors (Lipinski definition) is 7. The van der Waals surface area contributed by atoms with Gasteiger partial charge in [0.15, 0.2) is 10.1 Å². The zero-order valence-corrected chi connectivity index (χ0v) is 21.2. The monoisotopic (exact) mass is 599 g/mol. The lowest BCUT2D eigenvalue weighted by molar-refractivity contribution is -0.162. The van der Waals surface area contributed by atoms with Crippen LogP contribution < -0.4 is 9.47 Å². The highest BCUT2D eigenvalue weighted by Crippen LogP contribution is 2.59. The number of halogens is 3. The standard InChI is InChI=1S/C22H27F2IO7S/c1-11(2)20(31-18-9-12-8-16(18)15-5-3-4-14(12)15)32-19-10-13(6-7-17(19)25)30-21(26)22(23,24)33(27,28)29/h6-7,10-12,14-16,18,20H,3-5,8-9H2,1-2H3,(H,27,28,29)/p-1. The third kappa shape index (κ3) is 4.87. The molecule has 3 saturated carbocycles. The van der Waals surface area contributed by atoms with Crippen molar-refractivity contribution in [3.05, 3.63) is 21.8 Å². The Morgan fingerprint density at radius 1 is 1.18 bits per heavy atom. The number of ether oxygens (including phenoxy) is 3. The number of fused-ring (bicyclic) bond motifs is 5. The lowest BCUT2D eigenvalue weighted by Crippen LogP contribution is -2.40. The zero-order chi connectivity index (χ0) is 24.1. The largest absolute Gasteiger partial charge is 0.743 e. The van der Waals surface area contributed by atoms with Crippen LogP contribution in [-0.4, -0.2) is 36.6 Å². The van der Waals surface area contributed by atoms with Crippen LogP contribution in [0.3, 0.4) is 0 Å². The molecule has 0 aliphatic heterocycles. The molecule has 7 nitrogen and oxygen atoms in total. The summed E-state index contributed by atoms with van der Waals surface area (Å²) >= 11 is 1.98. The van der Waals surface area contributed by atoms with Crippen LogP contribution in [0.2, 0.25) is 0 Å². The molecule has 0 amide bonds. The summed E-state index contributed by atoms with van der Waals surface area (Å²) in [7, 11) is -6.20. The molecule has 4 rings (SSSR count). The molecule has 6 unspecified atom stereocenters. The molecule has 3 fully saturated rings. The summed E-state index contributed by atoms with van der Waals surface area (Å²) in [4.78, 5) is 11.6. The molecule has 0 radical (unpaired) electrons. The molecule has 0 heterocycles. The van der Waals surface area contributed by atoms with Crippen LogP contribution in [0.25, 0.3) is 0 Å². The average molecular weight is 599 g/mol. The second-order valence-electron chi connectivity index (χ2n) is 9.51. The highest BCUT2D eigenvalue weighted by molar-refractivity contribution is 14.1. The second-order valence-corrected chi connectivity index (χ2v) is 12.1. The molecule has 3 aliphatic carbocycles. The summed E-state index contributed by atoms with van der Waals surface area (Å²) < 4.78 is 76.5. The number of carbonyl (C=O) groups is 1. The SMILES string of the molecule is CC(C)C(Oc1cc(OC(=O)C(F)(F)S(=O)(=O)[O-])ccc1I)OC1CC2CC1C1CCCC21. The molecule has 0 N–H and O–H groups in total. The van der Waals surface area contributed by atoms with Gasteiger partial charge in [-0.3, -0.25) is 0 Å². The van der Waals surface area contributed by atoms with Gasteiger partial charge in [0.1, 0.15) is 11.5 Å². The van der Waals surface area contributed by atoms with Gasteiger partial charge in [-0.05, 0) is 84.1 Å². The van der Waals surface area contributed by atoms with E-state index in [4.69, 9.17) is 9.47 Å². The van der Waals surface area contributed by atoms with Crippen molar-refractivity contribution in [1.29, 1.82) is 0 Å². The van der Waals surface area contributed by atoms with Crippen LogP contribution in [0.5, 0.6) is 11.5 Å². The molecular formula is C22H26F2IO7S-. The van der Waals surface area contributed by atoms with E-state index in [1.807, 2.05) is 36.4 Å². The van der Waals surface area contributed by atoms with Gasteiger partial charge in [0.2, 0.25) is 6.29 Å². The molecule has 3 aliphatic rings. The number of esters is 1. The quantitative estimate of drug-likeness (QED) is 0.142. The first-order valence-corrected chi connectivity index (χ1v) is 13.5. The molecule has 0 saturated heterocycles. The first-order valence-electron chi connectivity index (χ1n) is 11.1. The molecular weight excluding hydrogens is 573 g/mol. The fraction of sp³-hybridized carbons (Fsp3) is 0.682. The second kappa shape index (κ2) is 9.19. The first-order chi connectivity index (χ1) is 15.4. The van der Waals surface area contributed by atoms with Crippen LogP contribution in [0, 0.1) is 33.2 Å². The predicted octanol–water partition coefficient (Wildman–Crippen LogP) is 4.54. The normalized spacial score (nSPS) is 29.8. The Kier molecular flexibility index (Phi) is 6.98. The molecule has 11 heteroatoms. The minimum atomic E-state index is -6.20. The third-order valence-electron chi connectivity index (χ3n) is 7.13. The Morgan fingerprint density at radius 3 is 2.55 bits per heavy atom. The molecule has 6 atom stereocenters. The molecule has 33 heavy (non-hydrogen) atoms. The number of alkyl halides is 2. The van der Waals surface area contributed by atoms with E-state index in [2.05, 4.69) is 4.74 Å². The summed E-state index contributed by atoms with van der Waals surface area (Å²) in [6.45, 7) is 3.90. The highest BCUT2D eigenvalue weighted by atomic mass is 127. The van der Waals surface area contributed by atoms with Gasteiger partial charge in [0, 0.05) is 12.0 Å². The Bertz CT molecular complexity index is 1020. The van der Waals surface area contributed by atoms with Crippen molar-refractivity contribution in [1.82, 2.24) is 0 Å². The molecule has 1 aromatic rings. The fourth-order valence-corrected chi connectivity index (χ4v) is 6.39. The van der Waals surface area contributed by atoms with Gasteiger partial charge in [0.05, 0.1) is 9.67 Å². The topological polar surface area (TPSA) is 102 Å². The summed E-state index contributed by atoms with van der Waals surface area (Å²) in [6, 6.07) is 3.89. The fourth-order valence-electron chi connectivity index (χ4n) is 5.69. The van der Waals surface area contributed by atoms with Crippen molar-refractivity contribution in [2.45, 2.75) is 63.6 Å². The Morgan fingerprint density at radius 2 is 1.88 bits per heavy atom. The van der Waals surface area contributed by atoms with Crippen LogP contribution >= 0.6 is 22.6 Å². The van der Waals surface area contributed by atoms with Crippen molar-refractivity contribution in [3.8, 4) is 11.5 Å². The summed E-state index contributed by atoms with van der Waals surface area (Å²) in [5.41, 5.74) is 0. The van der Waals surface area contributed by atoms with E-state index in [9.17, 15) is 26.5 Å². The van der Waals surface area contributed by atoms with Crippen LogP contribution in [0.1, 0.15) is 46.0 Å². The number of hydrogen-bond donors (Lipinski definition) is 0. The van der Waals surface area contributed by atoms with E-state index < -0.39 is 27.6 Å². The third-order valence-corrected chi connectivity index (χ3v) is 8.81. The Balaban J connectivity index is 1.46.